The number of ether oxygens (including phenoxy) is 3. The van der Waals surface area contributed by atoms with E-state index < -0.39 is 12.0 Å². The van der Waals surface area contributed by atoms with Gasteiger partial charge in [-0.25, -0.2) is 4.79 Å². The number of esters is 1. The van der Waals surface area contributed by atoms with Gasteiger partial charge in [0.2, 0.25) is 5.75 Å². The summed E-state index contributed by atoms with van der Waals surface area (Å²) in [6.07, 6.45) is 0. The van der Waals surface area contributed by atoms with E-state index in [1.807, 2.05) is 13.8 Å². The van der Waals surface area contributed by atoms with Crippen LogP contribution in [0.3, 0.4) is 0 Å². The van der Waals surface area contributed by atoms with Crippen molar-refractivity contribution in [3.8, 4) is 17.2 Å². The number of benzene rings is 1. The fourth-order valence-corrected chi connectivity index (χ4v) is 1.36. The molecule has 1 unspecified atom stereocenters. The SMILES string of the molecule is COc1cccc(OC)c1OC(=O)C(N)C(C)C. The maximum Gasteiger partial charge on any atom is 0.328 e. The highest BCUT2D eigenvalue weighted by Crippen LogP contribution is 2.37. The standard InChI is InChI=1S/C13H19NO4/c1-8(2)11(14)13(15)18-12-9(16-3)6-5-7-10(12)17-4/h5-8,11H,14H2,1-4H3. The smallest absolute Gasteiger partial charge is 0.328 e. The van der Waals surface area contributed by atoms with E-state index in [0.29, 0.717) is 11.5 Å². The molecular formula is C13H19NO4. The second kappa shape index (κ2) is 6.26. The van der Waals surface area contributed by atoms with Gasteiger partial charge in [0.15, 0.2) is 11.5 Å². The molecule has 18 heavy (non-hydrogen) atoms. The first kappa shape index (κ1) is 14.3. The molecule has 1 aromatic rings. The molecule has 5 heteroatoms. The Kier molecular flexibility index (Phi) is 4.97. The van der Waals surface area contributed by atoms with E-state index in [1.54, 1.807) is 18.2 Å². The number of hydrogen-bond donors (Lipinski definition) is 1. The molecule has 1 rings (SSSR count). The third-order valence-electron chi connectivity index (χ3n) is 2.58. The molecule has 0 bridgehead atoms. The fourth-order valence-electron chi connectivity index (χ4n) is 1.36. The van der Waals surface area contributed by atoms with Gasteiger partial charge in [-0.05, 0) is 18.1 Å². The van der Waals surface area contributed by atoms with Crippen molar-refractivity contribution in [1.82, 2.24) is 0 Å². The second-order valence-corrected chi connectivity index (χ2v) is 4.18. The molecule has 0 aliphatic heterocycles. The first-order valence-corrected chi connectivity index (χ1v) is 5.69. The van der Waals surface area contributed by atoms with Gasteiger partial charge in [0.25, 0.3) is 0 Å². The van der Waals surface area contributed by atoms with E-state index >= 15 is 0 Å². The molecule has 5 nitrogen and oxygen atoms in total. The molecule has 100 valence electrons. The summed E-state index contributed by atoms with van der Waals surface area (Å²) in [5.41, 5.74) is 5.73. The molecular weight excluding hydrogens is 234 g/mol. The molecule has 0 saturated heterocycles. The number of methoxy groups -OCH3 is 2. The van der Waals surface area contributed by atoms with Crippen LogP contribution >= 0.6 is 0 Å². The van der Waals surface area contributed by atoms with Gasteiger partial charge >= 0.3 is 5.97 Å². The lowest BCUT2D eigenvalue weighted by atomic mass is 10.1. The molecule has 0 aromatic heterocycles. The fraction of sp³-hybridized carbons (Fsp3) is 0.462. The van der Waals surface area contributed by atoms with Gasteiger partial charge in [0, 0.05) is 0 Å². The zero-order valence-electron chi connectivity index (χ0n) is 11.1. The summed E-state index contributed by atoms with van der Waals surface area (Å²) in [5.74, 6) is 0.604. The van der Waals surface area contributed by atoms with Gasteiger partial charge in [-0.2, -0.15) is 0 Å². The number of carbonyl (C=O) groups excluding carboxylic acids is 1. The summed E-state index contributed by atoms with van der Waals surface area (Å²) < 4.78 is 15.5. The quantitative estimate of drug-likeness (QED) is 0.637. The van der Waals surface area contributed by atoms with E-state index in [-0.39, 0.29) is 11.7 Å². The van der Waals surface area contributed by atoms with Gasteiger partial charge in [0.1, 0.15) is 6.04 Å². The van der Waals surface area contributed by atoms with E-state index in [0.717, 1.165) is 0 Å². The van der Waals surface area contributed by atoms with Crippen LogP contribution in [0.1, 0.15) is 13.8 Å². The molecule has 0 radical (unpaired) electrons. The van der Waals surface area contributed by atoms with Crippen LogP contribution in [-0.4, -0.2) is 26.2 Å². The van der Waals surface area contributed by atoms with Crippen LogP contribution in [0.2, 0.25) is 0 Å². The Morgan fingerprint density at radius 2 is 1.67 bits per heavy atom. The van der Waals surface area contributed by atoms with Crippen molar-refractivity contribution in [3.05, 3.63) is 18.2 Å². The van der Waals surface area contributed by atoms with Crippen LogP contribution in [0.25, 0.3) is 0 Å². The Balaban J connectivity index is 2.99. The first-order valence-electron chi connectivity index (χ1n) is 5.69. The van der Waals surface area contributed by atoms with Crippen molar-refractivity contribution < 1.29 is 19.0 Å². The Labute approximate surface area is 107 Å². The summed E-state index contributed by atoms with van der Waals surface area (Å²) in [4.78, 5) is 11.8. The minimum Gasteiger partial charge on any atom is -0.493 e. The van der Waals surface area contributed by atoms with E-state index in [4.69, 9.17) is 19.9 Å². The van der Waals surface area contributed by atoms with Crippen LogP contribution in [0, 0.1) is 5.92 Å². The Morgan fingerprint density at radius 1 is 1.17 bits per heavy atom. The first-order chi connectivity index (χ1) is 8.51. The predicted molar refractivity (Wildman–Crippen MR) is 68.0 cm³/mol. The number of carbonyl (C=O) groups is 1. The lowest BCUT2D eigenvalue weighted by molar-refractivity contribution is -0.137. The molecule has 0 aliphatic rings. The molecule has 0 aliphatic carbocycles. The maximum absolute atomic E-state index is 11.8. The topological polar surface area (TPSA) is 70.8 Å². The molecule has 0 heterocycles. The van der Waals surface area contributed by atoms with Crippen molar-refractivity contribution in [2.45, 2.75) is 19.9 Å². The molecule has 0 saturated carbocycles. The van der Waals surface area contributed by atoms with Gasteiger partial charge in [-0.15, -0.1) is 0 Å². The van der Waals surface area contributed by atoms with Crippen LogP contribution < -0.4 is 19.9 Å². The van der Waals surface area contributed by atoms with Crippen LogP contribution in [-0.2, 0) is 4.79 Å². The zero-order chi connectivity index (χ0) is 13.7. The molecule has 2 N–H and O–H groups in total. The minimum atomic E-state index is -0.681. The van der Waals surface area contributed by atoms with E-state index in [9.17, 15) is 4.79 Å². The Morgan fingerprint density at radius 3 is 2.06 bits per heavy atom. The highest BCUT2D eigenvalue weighted by Gasteiger charge is 2.23. The number of rotatable bonds is 5. The Bertz CT molecular complexity index is 395. The average molecular weight is 253 g/mol. The highest BCUT2D eigenvalue weighted by molar-refractivity contribution is 5.79. The molecule has 1 aromatic carbocycles. The zero-order valence-corrected chi connectivity index (χ0v) is 11.1. The Hall–Kier alpha value is -1.75. The van der Waals surface area contributed by atoms with Gasteiger partial charge in [-0.3, -0.25) is 0 Å². The summed E-state index contributed by atoms with van der Waals surface area (Å²) in [7, 11) is 2.99. The molecule has 1 atom stereocenters. The van der Waals surface area contributed by atoms with Gasteiger partial charge < -0.3 is 19.9 Å². The summed E-state index contributed by atoms with van der Waals surface area (Å²) in [5, 5.41) is 0. The lowest BCUT2D eigenvalue weighted by Crippen LogP contribution is -2.38. The normalized spacial score (nSPS) is 12.1. The van der Waals surface area contributed by atoms with Gasteiger partial charge in [-0.1, -0.05) is 19.9 Å². The van der Waals surface area contributed by atoms with E-state index in [1.165, 1.54) is 14.2 Å². The third kappa shape index (κ3) is 3.13. The number of hydrogen-bond acceptors (Lipinski definition) is 5. The lowest BCUT2D eigenvalue weighted by Gasteiger charge is -2.17. The van der Waals surface area contributed by atoms with Crippen LogP contribution in [0.15, 0.2) is 18.2 Å². The minimum absolute atomic E-state index is 0.00166. The molecule has 0 amide bonds. The van der Waals surface area contributed by atoms with Crippen molar-refractivity contribution in [2.24, 2.45) is 11.7 Å². The average Bonchev–Trinajstić information content (AvgIpc) is 2.37. The maximum atomic E-state index is 11.8. The van der Waals surface area contributed by atoms with Crippen molar-refractivity contribution in [1.29, 1.82) is 0 Å². The van der Waals surface area contributed by atoms with Crippen molar-refractivity contribution >= 4 is 5.97 Å². The predicted octanol–water partition coefficient (Wildman–Crippen LogP) is 1.59. The summed E-state index contributed by atoms with van der Waals surface area (Å²) in [6, 6.07) is 4.44. The van der Waals surface area contributed by atoms with E-state index in [2.05, 4.69) is 0 Å². The monoisotopic (exact) mass is 253 g/mol. The van der Waals surface area contributed by atoms with Crippen LogP contribution in [0.5, 0.6) is 17.2 Å². The summed E-state index contributed by atoms with van der Waals surface area (Å²) >= 11 is 0. The highest BCUT2D eigenvalue weighted by atomic mass is 16.6. The second-order valence-electron chi connectivity index (χ2n) is 4.18. The van der Waals surface area contributed by atoms with Crippen LogP contribution in [0.4, 0.5) is 0 Å². The van der Waals surface area contributed by atoms with Gasteiger partial charge in [0.05, 0.1) is 14.2 Å². The largest absolute Gasteiger partial charge is 0.493 e. The van der Waals surface area contributed by atoms with Crippen molar-refractivity contribution in [3.63, 3.8) is 0 Å². The number of para-hydroxylation sites is 1. The van der Waals surface area contributed by atoms with Crippen molar-refractivity contribution in [2.75, 3.05) is 14.2 Å². The molecule has 0 fully saturated rings. The molecule has 0 spiro atoms. The third-order valence-corrected chi connectivity index (χ3v) is 2.58. The summed E-state index contributed by atoms with van der Waals surface area (Å²) in [6.45, 7) is 3.71. The number of nitrogens with two attached hydrogens (primary N) is 1.